The fourth-order valence-corrected chi connectivity index (χ4v) is 1.43. The molecule has 0 aromatic carbocycles. The second-order valence-electron chi connectivity index (χ2n) is 2.89. The van der Waals surface area contributed by atoms with Gasteiger partial charge < -0.3 is 10.2 Å². The minimum atomic E-state index is -0.530. The summed E-state index contributed by atoms with van der Waals surface area (Å²) in [6.45, 7) is 0. The van der Waals surface area contributed by atoms with Crippen molar-refractivity contribution in [2.45, 2.75) is 40.6 Å². The highest BCUT2D eigenvalue weighted by Crippen LogP contribution is 2.16. The van der Waals surface area contributed by atoms with E-state index >= 15 is 0 Å². The quantitative estimate of drug-likeness (QED) is 0.321. The standard InChI is InChI=1S/C7H16O2S4/c8-4(6(10)11)2-1-3-5(9)7(12)13/h4-13H,1-3H2. The average molecular weight is 260 g/mol. The van der Waals surface area contributed by atoms with Gasteiger partial charge in [-0.2, -0.15) is 50.5 Å². The van der Waals surface area contributed by atoms with Crippen molar-refractivity contribution in [1.29, 1.82) is 0 Å². The topological polar surface area (TPSA) is 40.5 Å². The van der Waals surface area contributed by atoms with E-state index in [1.807, 2.05) is 0 Å². The molecule has 0 fully saturated rings. The van der Waals surface area contributed by atoms with Crippen molar-refractivity contribution >= 4 is 50.5 Å². The van der Waals surface area contributed by atoms with Crippen molar-refractivity contribution in [1.82, 2.24) is 0 Å². The summed E-state index contributed by atoms with van der Waals surface area (Å²) >= 11 is 15.9. The Morgan fingerprint density at radius 3 is 1.31 bits per heavy atom. The fraction of sp³-hybridized carbons (Fsp3) is 1.00. The van der Waals surface area contributed by atoms with Gasteiger partial charge in [0.1, 0.15) is 0 Å². The normalized spacial score (nSPS) is 16.6. The molecule has 0 spiro atoms. The van der Waals surface area contributed by atoms with Crippen LogP contribution in [0.2, 0.25) is 0 Å². The van der Waals surface area contributed by atoms with Crippen molar-refractivity contribution in [3.8, 4) is 0 Å². The van der Waals surface area contributed by atoms with E-state index in [1.165, 1.54) is 0 Å². The van der Waals surface area contributed by atoms with E-state index in [4.69, 9.17) is 0 Å². The lowest BCUT2D eigenvalue weighted by Gasteiger charge is -2.15. The summed E-state index contributed by atoms with van der Waals surface area (Å²) in [6.07, 6.45) is 0.832. The molecule has 0 rings (SSSR count). The number of thiol groups is 4. The minimum absolute atomic E-state index is 0.319. The molecule has 0 aliphatic heterocycles. The molecule has 0 saturated carbocycles. The molecule has 0 aliphatic rings. The molecule has 0 heterocycles. The lowest BCUT2D eigenvalue weighted by Crippen LogP contribution is -2.19. The molecule has 0 saturated heterocycles. The first-order chi connectivity index (χ1) is 5.95. The van der Waals surface area contributed by atoms with Crippen LogP contribution in [0.25, 0.3) is 0 Å². The average Bonchev–Trinajstić information content (AvgIpc) is 2.03. The van der Waals surface area contributed by atoms with Crippen LogP contribution >= 0.6 is 50.5 Å². The highest BCUT2D eigenvalue weighted by molar-refractivity contribution is 7.99. The van der Waals surface area contributed by atoms with Crippen molar-refractivity contribution in [2.75, 3.05) is 0 Å². The van der Waals surface area contributed by atoms with Gasteiger partial charge in [-0.1, -0.05) is 0 Å². The summed E-state index contributed by atoms with van der Waals surface area (Å²) in [5, 5.41) is 18.6. The minimum Gasteiger partial charge on any atom is -0.391 e. The number of rotatable bonds is 6. The number of aliphatic hydroxyl groups is 2. The smallest absolute Gasteiger partial charge is 0.0745 e. The molecule has 0 aromatic rings. The van der Waals surface area contributed by atoms with Crippen molar-refractivity contribution in [3.05, 3.63) is 0 Å². The summed E-state index contributed by atoms with van der Waals surface area (Å²) in [5.74, 6) is 0. The molecule has 2 atom stereocenters. The highest BCUT2D eigenvalue weighted by atomic mass is 32.2. The summed E-state index contributed by atoms with van der Waals surface area (Å²) in [4.78, 5) is 0. The second-order valence-corrected chi connectivity index (χ2v) is 5.93. The first-order valence-electron chi connectivity index (χ1n) is 4.03. The Kier molecular flexibility index (Phi) is 8.36. The zero-order chi connectivity index (χ0) is 10.4. The van der Waals surface area contributed by atoms with E-state index in [-0.39, 0.29) is 9.16 Å². The molecular weight excluding hydrogens is 244 g/mol. The largest absolute Gasteiger partial charge is 0.391 e. The van der Waals surface area contributed by atoms with Gasteiger partial charge >= 0.3 is 0 Å². The molecule has 0 radical (unpaired) electrons. The van der Waals surface area contributed by atoms with Gasteiger partial charge in [-0.05, 0) is 19.3 Å². The van der Waals surface area contributed by atoms with Crippen LogP contribution in [-0.4, -0.2) is 31.6 Å². The van der Waals surface area contributed by atoms with Gasteiger partial charge in [-0.15, -0.1) is 0 Å². The predicted molar refractivity (Wildman–Crippen MR) is 69.4 cm³/mol. The SMILES string of the molecule is OC(CCCC(O)C(S)S)C(S)S. The van der Waals surface area contributed by atoms with Gasteiger partial charge in [0.2, 0.25) is 0 Å². The molecule has 6 heteroatoms. The van der Waals surface area contributed by atoms with E-state index < -0.39 is 12.2 Å². The molecule has 0 bridgehead atoms. The molecule has 2 nitrogen and oxygen atoms in total. The zero-order valence-corrected chi connectivity index (χ0v) is 10.7. The highest BCUT2D eigenvalue weighted by Gasteiger charge is 2.14. The van der Waals surface area contributed by atoms with E-state index in [2.05, 4.69) is 50.5 Å². The molecule has 13 heavy (non-hydrogen) atoms. The van der Waals surface area contributed by atoms with Crippen LogP contribution in [0.5, 0.6) is 0 Å². The lowest BCUT2D eigenvalue weighted by molar-refractivity contribution is 0.151. The first kappa shape index (κ1) is 14.3. The van der Waals surface area contributed by atoms with Crippen LogP contribution in [0.15, 0.2) is 0 Å². The maximum absolute atomic E-state index is 9.31. The third kappa shape index (κ3) is 7.27. The maximum atomic E-state index is 9.31. The van der Waals surface area contributed by atoms with Crippen LogP contribution in [0.3, 0.4) is 0 Å². The maximum Gasteiger partial charge on any atom is 0.0745 e. The lowest BCUT2D eigenvalue weighted by atomic mass is 10.1. The third-order valence-corrected chi connectivity index (χ3v) is 3.06. The van der Waals surface area contributed by atoms with Gasteiger partial charge in [-0.25, -0.2) is 0 Å². The van der Waals surface area contributed by atoms with Crippen LogP contribution in [0, 0.1) is 0 Å². The summed E-state index contributed by atoms with van der Waals surface area (Å²) in [7, 11) is 0. The van der Waals surface area contributed by atoms with Gasteiger partial charge in [-0.3, -0.25) is 0 Å². The van der Waals surface area contributed by atoms with Crippen molar-refractivity contribution in [2.24, 2.45) is 0 Å². The van der Waals surface area contributed by atoms with E-state index in [0.717, 1.165) is 6.42 Å². The Labute approximate surface area is 101 Å². The number of hydrogen-bond acceptors (Lipinski definition) is 6. The summed E-state index contributed by atoms with van der Waals surface area (Å²) in [6, 6.07) is 0. The molecule has 0 amide bonds. The summed E-state index contributed by atoms with van der Waals surface area (Å²) in [5.41, 5.74) is 0. The Hall–Kier alpha value is 1.32. The van der Waals surface area contributed by atoms with Crippen LogP contribution in [0.4, 0.5) is 0 Å². The fourth-order valence-electron chi connectivity index (χ4n) is 0.834. The number of aliphatic hydroxyl groups excluding tert-OH is 2. The van der Waals surface area contributed by atoms with Crippen molar-refractivity contribution < 1.29 is 10.2 Å². The van der Waals surface area contributed by atoms with Gasteiger partial charge in [0.15, 0.2) is 0 Å². The van der Waals surface area contributed by atoms with Crippen molar-refractivity contribution in [3.63, 3.8) is 0 Å². The van der Waals surface area contributed by atoms with E-state index in [1.54, 1.807) is 0 Å². The van der Waals surface area contributed by atoms with Gasteiger partial charge in [0.25, 0.3) is 0 Å². The molecule has 0 aromatic heterocycles. The third-order valence-electron chi connectivity index (χ3n) is 1.69. The van der Waals surface area contributed by atoms with Crippen LogP contribution < -0.4 is 0 Å². The molecular formula is C7H16O2S4. The summed E-state index contributed by atoms with van der Waals surface area (Å²) < 4.78 is -0.639. The Balaban J connectivity index is 3.45. The second kappa shape index (κ2) is 7.59. The van der Waals surface area contributed by atoms with Gasteiger partial charge in [0, 0.05) is 0 Å². The molecule has 2 unspecified atom stereocenters. The van der Waals surface area contributed by atoms with Crippen LogP contribution in [0.1, 0.15) is 19.3 Å². The Bertz CT molecular complexity index is 118. The van der Waals surface area contributed by atoms with E-state index in [0.29, 0.717) is 12.8 Å². The molecule has 0 aliphatic carbocycles. The Morgan fingerprint density at radius 1 is 0.769 bits per heavy atom. The molecule has 80 valence electrons. The predicted octanol–water partition coefficient (Wildman–Crippen LogP) is 1.25. The first-order valence-corrected chi connectivity index (χ1v) is 6.10. The molecule has 2 N–H and O–H groups in total. The number of hydrogen-bond donors (Lipinski definition) is 6. The van der Waals surface area contributed by atoms with Gasteiger partial charge in [0.05, 0.1) is 21.4 Å². The monoisotopic (exact) mass is 260 g/mol. The Morgan fingerprint density at radius 2 is 1.08 bits per heavy atom. The van der Waals surface area contributed by atoms with Crippen LogP contribution in [-0.2, 0) is 0 Å². The zero-order valence-electron chi connectivity index (χ0n) is 7.11. The van der Waals surface area contributed by atoms with E-state index in [9.17, 15) is 10.2 Å².